The zero-order valence-corrected chi connectivity index (χ0v) is 41.7. The molecule has 0 radical (unpaired) electrons. The Morgan fingerprint density at radius 3 is 1.86 bits per heavy atom. The summed E-state index contributed by atoms with van der Waals surface area (Å²) in [5.41, 5.74) is -1.49. The van der Waals surface area contributed by atoms with Gasteiger partial charge >= 0.3 is 29.8 Å². The Bertz CT molecular complexity index is 2710. The number of hydrogen-bond acceptors (Lipinski definition) is 18. The van der Waals surface area contributed by atoms with E-state index in [9.17, 15) is 47.4 Å². The number of carbonyl (C=O) groups is 7. The summed E-state index contributed by atoms with van der Waals surface area (Å²) >= 11 is 0. The molecule has 3 aromatic rings. The average molecular weight is 1020 g/mol. The number of aliphatic hydroxyl groups is 2. The van der Waals surface area contributed by atoms with E-state index in [2.05, 4.69) is 5.32 Å². The lowest BCUT2D eigenvalue weighted by Gasteiger charge is -2.67. The van der Waals surface area contributed by atoms with Crippen LogP contribution in [0.3, 0.4) is 0 Å². The van der Waals surface area contributed by atoms with Crippen LogP contribution in [0.5, 0.6) is 0 Å². The lowest BCUT2D eigenvalue weighted by molar-refractivity contribution is -0.346. The molecule has 1 saturated heterocycles. The van der Waals surface area contributed by atoms with Gasteiger partial charge in [0.05, 0.1) is 35.8 Å². The number of nitrogens with two attached hydrogens (primary N) is 1. The molecule has 1 aliphatic heterocycles. The molecule has 2 saturated carbocycles. The molecule has 1 heterocycles. The third kappa shape index (κ3) is 10.7. The molecule has 3 fully saturated rings. The Morgan fingerprint density at radius 2 is 1.36 bits per heavy atom. The highest BCUT2D eigenvalue weighted by molar-refractivity contribution is 7.85. The summed E-state index contributed by atoms with van der Waals surface area (Å²) in [6, 6.07) is 21.6. The minimum Gasteiger partial charge on any atom is -0.460 e. The molecule has 6 N–H and O–H groups in total. The normalized spacial score (nSPS) is 29.4. The van der Waals surface area contributed by atoms with Crippen molar-refractivity contribution in [3.05, 3.63) is 119 Å². The lowest BCUT2D eigenvalue weighted by Crippen LogP contribution is -2.82. The number of benzene rings is 3. The second-order valence-electron chi connectivity index (χ2n) is 19.3. The number of hydrogen-bond donors (Lipinski definition) is 5. The van der Waals surface area contributed by atoms with E-state index < -0.39 is 135 Å². The smallest absolute Gasteiger partial charge is 0.338 e. The molecule has 8 unspecified atom stereocenters. The summed E-state index contributed by atoms with van der Waals surface area (Å²) < 4.78 is 62.6. The third-order valence-electron chi connectivity index (χ3n) is 14.1. The molecular formula is C51H60N2O18S. The third-order valence-corrected chi connectivity index (χ3v) is 14.1. The predicted molar refractivity (Wildman–Crippen MR) is 253 cm³/mol. The van der Waals surface area contributed by atoms with Crippen LogP contribution in [0.15, 0.2) is 102 Å². The molecule has 2 bridgehead atoms. The van der Waals surface area contributed by atoms with Gasteiger partial charge in [0.15, 0.2) is 23.6 Å². The first-order valence-electron chi connectivity index (χ1n) is 23.0. The SMILES string of the molecule is CC(=O)O[C@H]1C(=O)[C@@]2(C)C(C(OC(=O)c3ccccc3)[C@]3(O)CC(OC(=O)C(O)C(NC(=O)c4ccccc4)c4ccccc4)C(C)=C1C3(C)C)C1(OC(C)=O)COC1C[C@@H]2OC(=O)C(C)N.CS(=O)(=O)O. The Hall–Kier alpha value is -6.36. The van der Waals surface area contributed by atoms with Crippen LogP contribution < -0.4 is 11.1 Å². The van der Waals surface area contributed by atoms with Gasteiger partial charge in [0, 0.05) is 37.7 Å². The second kappa shape index (κ2) is 21.0. The number of rotatable bonds is 12. The van der Waals surface area contributed by atoms with Crippen LogP contribution in [0, 0.1) is 16.7 Å². The van der Waals surface area contributed by atoms with Crippen molar-refractivity contribution in [1.29, 1.82) is 0 Å². The van der Waals surface area contributed by atoms with Crippen molar-refractivity contribution in [3.8, 4) is 0 Å². The molecule has 21 heteroatoms. The van der Waals surface area contributed by atoms with Gasteiger partial charge in [-0.2, -0.15) is 8.42 Å². The number of nitrogens with one attached hydrogen (secondary N) is 1. The minimum absolute atomic E-state index is 0.0360. The molecule has 3 aromatic carbocycles. The summed E-state index contributed by atoms with van der Waals surface area (Å²) in [4.78, 5) is 98.3. The molecule has 3 aliphatic carbocycles. The maximum Gasteiger partial charge on any atom is 0.338 e. The number of Topliss-reactive ketones (excluding diaryl/α,β-unsaturated/α-hetero) is 1. The van der Waals surface area contributed by atoms with Crippen molar-refractivity contribution in [3.63, 3.8) is 0 Å². The molecule has 20 nitrogen and oxygen atoms in total. The van der Waals surface area contributed by atoms with Crippen LogP contribution in [0.1, 0.15) is 93.6 Å². The Labute approximate surface area is 416 Å². The van der Waals surface area contributed by atoms with E-state index in [1.165, 1.54) is 32.9 Å². The van der Waals surface area contributed by atoms with Crippen molar-refractivity contribution in [2.45, 2.75) is 121 Å². The number of ketones is 1. The predicted octanol–water partition coefficient (Wildman–Crippen LogP) is 3.14. The van der Waals surface area contributed by atoms with E-state index in [0.717, 1.165) is 13.8 Å². The highest BCUT2D eigenvalue weighted by Gasteiger charge is 2.79. The number of carbonyl (C=O) groups excluding carboxylic acids is 7. The van der Waals surface area contributed by atoms with E-state index in [4.69, 9.17) is 38.7 Å². The molecular weight excluding hydrogens is 961 g/mol. The van der Waals surface area contributed by atoms with Crippen molar-refractivity contribution >= 4 is 51.7 Å². The average Bonchev–Trinajstić information content (AvgIpc) is 3.31. The summed E-state index contributed by atoms with van der Waals surface area (Å²) in [5, 5.41) is 28.5. The molecule has 12 atom stereocenters. The van der Waals surface area contributed by atoms with Gasteiger partial charge in [0.1, 0.15) is 36.1 Å². The quantitative estimate of drug-likeness (QED) is 0.0753. The Balaban J connectivity index is 0.00000161. The second-order valence-corrected chi connectivity index (χ2v) is 20.8. The Morgan fingerprint density at radius 1 is 0.819 bits per heavy atom. The number of amides is 1. The Kier molecular flexibility index (Phi) is 16.0. The summed E-state index contributed by atoms with van der Waals surface area (Å²) in [7, 11) is -3.67. The highest BCUT2D eigenvalue weighted by atomic mass is 32.2. The highest BCUT2D eigenvalue weighted by Crippen LogP contribution is 2.65. The molecule has 72 heavy (non-hydrogen) atoms. The van der Waals surface area contributed by atoms with Gasteiger partial charge in [0.2, 0.25) is 0 Å². The van der Waals surface area contributed by atoms with Gasteiger partial charge in [0.25, 0.3) is 16.0 Å². The van der Waals surface area contributed by atoms with Gasteiger partial charge in [-0.25, -0.2) is 9.59 Å². The van der Waals surface area contributed by atoms with Crippen molar-refractivity contribution in [2.75, 3.05) is 12.9 Å². The molecule has 0 aromatic heterocycles. The van der Waals surface area contributed by atoms with Crippen LogP contribution in [-0.4, -0.2) is 131 Å². The van der Waals surface area contributed by atoms with Crippen molar-refractivity contribution < 1.29 is 85.2 Å². The fraction of sp³-hybridized carbons (Fsp3) is 0.471. The van der Waals surface area contributed by atoms with E-state index in [-0.39, 0.29) is 35.3 Å². The van der Waals surface area contributed by atoms with Crippen LogP contribution >= 0.6 is 0 Å². The number of aliphatic hydroxyl groups excluding tert-OH is 1. The first-order chi connectivity index (χ1) is 33.6. The van der Waals surface area contributed by atoms with E-state index in [0.29, 0.717) is 11.8 Å². The monoisotopic (exact) mass is 1020 g/mol. The van der Waals surface area contributed by atoms with E-state index >= 15 is 4.79 Å². The van der Waals surface area contributed by atoms with Gasteiger partial charge in [-0.3, -0.25) is 28.5 Å². The molecule has 7 rings (SSSR count). The number of ether oxygens (including phenoxy) is 6. The fourth-order valence-corrected chi connectivity index (χ4v) is 10.6. The lowest BCUT2D eigenvalue weighted by atomic mass is 9.44. The van der Waals surface area contributed by atoms with Gasteiger partial charge < -0.3 is 49.7 Å². The zero-order chi connectivity index (χ0) is 53.3. The fourth-order valence-electron chi connectivity index (χ4n) is 10.6. The molecule has 4 aliphatic rings. The maximum atomic E-state index is 16.0. The van der Waals surface area contributed by atoms with Crippen LogP contribution in [0.25, 0.3) is 0 Å². The molecule has 1 amide bonds. The first-order valence-corrected chi connectivity index (χ1v) is 24.8. The number of esters is 5. The van der Waals surface area contributed by atoms with Crippen molar-refractivity contribution in [2.24, 2.45) is 22.5 Å². The van der Waals surface area contributed by atoms with Gasteiger partial charge in [-0.15, -0.1) is 0 Å². The summed E-state index contributed by atoms with van der Waals surface area (Å²) in [6.07, 6.45) is -10.1. The zero-order valence-electron chi connectivity index (χ0n) is 40.9. The maximum absolute atomic E-state index is 16.0. The van der Waals surface area contributed by atoms with Crippen LogP contribution in [0.4, 0.5) is 0 Å². The first kappa shape index (κ1) is 55.0. The van der Waals surface area contributed by atoms with Crippen LogP contribution in [0.2, 0.25) is 0 Å². The van der Waals surface area contributed by atoms with Crippen molar-refractivity contribution in [1.82, 2.24) is 5.32 Å². The molecule has 0 spiro atoms. The van der Waals surface area contributed by atoms with Gasteiger partial charge in [-0.05, 0) is 61.7 Å². The number of fused-ring (bicyclic) bond motifs is 5. The standard InChI is InChI=1S/C50H56N2O15.CH4O3S/c1-26-33(64-46(60)38(55)37(30-17-11-8-12-18-30)52-43(57)31-19-13-9-14-20-31)24-50(61)42(66-45(59)32-21-15-10-16-22-32)40-48(7,41(56)39(63-28(3)53)36(26)47(50,5)6)34(65-44(58)27(2)51)23-35-49(40,25-62-35)67-29(4)54;1-5(2,3)4/h8-22,27,33-35,37-40,42,55,61H,23-25,51H2,1-7H3,(H,52,57);1H3,(H,2,3,4)/t27?,33?,34-,35?,37?,38?,39+,40?,42?,48+,49?,50+;/m0./s1. The van der Waals surface area contributed by atoms with E-state index in [1.54, 1.807) is 92.7 Å². The van der Waals surface area contributed by atoms with Crippen LogP contribution in [-0.2, 0) is 62.5 Å². The summed E-state index contributed by atoms with van der Waals surface area (Å²) in [6.45, 7) is 9.22. The topological polar surface area (TPSA) is 308 Å². The largest absolute Gasteiger partial charge is 0.460 e. The molecule has 388 valence electrons. The summed E-state index contributed by atoms with van der Waals surface area (Å²) in [5.74, 6) is -8.04. The van der Waals surface area contributed by atoms with Gasteiger partial charge in [-0.1, -0.05) is 80.6 Å². The van der Waals surface area contributed by atoms with E-state index in [1.807, 2.05) is 0 Å². The minimum atomic E-state index is -3.67.